The highest BCUT2D eigenvalue weighted by Gasteiger charge is 2.47. The van der Waals surface area contributed by atoms with Crippen LogP contribution in [0.3, 0.4) is 0 Å². The Morgan fingerprint density at radius 1 is 1.67 bits per heavy atom. The molecule has 1 heteroatoms. The van der Waals surface area contributed by atoms with E-state index < -0.39 is 0 Å². The van der Waals surface area contributed by atoms with E-state index in [4.69, 9.17) is 5.73 Å². The summed E-state index contributed by atoms with van der Waals surface area (Å²) in [7, 11) is 0. The molecule has 0 amide bonds. The third-order valence-electron chi connectivity index (χ3n) is 2.65. The molecule has 0 radical (unpaired) electrons. The maximum Gasteiger partial charge on any atom is -0.00486 e. The van der Waals surface area contributed by atoms with Crippen LogP contribution in [0.25, 0.3) is 0 Å². The lowest BCUT2D eigenvalue weighted by molar-refractivity contribution is 0.430. The Balaban J connectivity index is 2.33. The molecule has 0 spiro atoms. The second-order valence-electron chi connectivity index (χ2n) is 4.01. The summed E-state index contributed by atoms with van der Waals surface area (Å²) in [4.78, 5) is 0. The Bertz CT molecular complexity index is 107. The van der Waals surface area contributed by atoms with Crippen molar-refractivity contribution >= 4 is 0 Å². The van der Waals surface area contributed by atoms with Crippen LogP contribution in [-0.4, -0.2) is 6.54 Å². The van der Waals surface area contributed by atoms with Crippen LogP contribution in [0.5, 0.6) is 0 Å². The number of hydrogen-bond donors (Lipinski definition) is 1. The molecule has 0 aromatic carbocycles. The van der Waals surface area contributed by atoms with Gasteiger partial charge in [-0.3, -0.25) is 0 Å². The molecule has 2 atom stereocenters. The highest BCUT2D eigenvalue weighted by molar-refractivity contribution is 4.97. The SMILES string of the molecule is C[C@@H](CN)C1CC1(C)C. The Labute approximate surface area is 57.6 Å². The van der Waals surface area contributed by atoms with Gasteiger partial charge >= 0.3 is 0 Å². The molecule has 0 aromatic rings. The van der Waals surface area contributed by atoms with Crippen LogP contribution < -0.4 is 5.73 Å². The lowest BCUT2D eigenvalue weighted by Crippen LogP contribution is -2.14. The van der Waals surface area contributed by atoms with Gasteiger partial charge in [-0.05, 0) is 30.2 Å². The van der Waals surface area contributed by atoms with Gasteiger partial charge in [-0.15, -0.1) is 0 Å². The highest BCUT2D eigenvalue weighted by Crippen LogP contribution is 2.55. The molecule has 1 saturated carbocycles. The Kier molecular flexibility index (Phi) is 1.55. The minimum absolute atomic E-state index is 0.610. The van der Waals surface area contributed by atoms with Crippen LogP contribution in [0, 0.1) is 17.3 Å². The third kappa shape index (κ3) is 1.26. The second kappa shape index (κ2) is 1.98. The first-order chi connectivity index (χ1) is 4.08. The molecule has 1 aliphatic rings. The summed E-state index contributed by atoms with van der Waals surface area (Å²) >= 11 is 0. The molecular weight excluding hydrogens is 110 g/mol. The van der Waals surface area contributed by atoms with Crippen LogP contribution >= 0.6 is 0 Å². The summed E-state index contributed by atoms with van der Waals surface area (Å²) < 4.78 is 0. The average Bonchev–Trinajstić information content (AvgIpc) is 2.38. The van der Waals surface area contributed by atoms with E-state index in [-0.39, 0.29) is 0 Å². The zero-order valence-corrected chi connectivity index (χ0v) is 6.65. The molecule has 0 aliphatic heterocycles. The lowest BCUT2D eigenvalue weighted by atomic mass is 9.99. The van der Waals surface area contributed by atoms with E-state index in [0.717, 1.165) is 18.4 Å². The van der Waals surface area contributed by atoms with E-state index >= 15 is 0 Å². The van der Waals surface area contributed by atoms with Crippen molar-refractivity contribution in [3.63, 3.8) is 0 Å². The Hall–Kier alpha value is -0.0400. The summed E-state index contributed by atoms with van der Waals surface area (Å²) in [5.74, 6) is 1.64. The summed E-state index contributed by atoms with van der Waals surface area (Å²) in [6.07, 6.45) is 1.38. The molecular formula is C8H17N. The summed E-state index contributed by atoms with van der Waals surface area (Å²) in [6.45, 7) is 7.75. The van der Waals surface area contributed by atoms with Crippen molar-refractivity contribution in [2.45, 2.75) is 27.2 Å². The third-order valence-corrected chi connectivity index (χ3v) is 2.65. The van der Waals surface area contributed by atoms with Crippen LogP contribution in [0.2, 0.25) is 0 Å². The second-order valence-corrected chi connectivity index (χ2v) is 4.01. The van der Waals surface area contributed by atoms with Crippen LogP contribution in [0.15, 0.2) is 0 Å². The monoisotopic (exact) mass is 127 g/mol. The number of rotatable bonds is 2. The molecule has 9 heavy (non-hydrogen) atoms. The van der Waals surface area contributed by atoms with E-state index in [1.54, 1.807) is 0 Å². The minimum atomic E-state index is 0.610. The first-order valence-corrected chi connectivity index (χ1v) is 3.78. The number of nitrogens with two attached hydrogens (primary N) is 1. The van der Waals surface area contributed by atoms with Crippen molar-refractivity contribution in [3.8, 4) is 0 Å². The fourth-order valence-electron chi connectivity index (χ4n) is 1.64. The topological polar surface area (TPSA) is 26.0 Å². The van der Waals surface area contributed by atoms with Crippen molar-refractivity contribution in [1.29, 1.82) is 0 Å². The van der Waals surface area contributed by atoms with Crippen molar-refractivity contribution in [3.05, 3.63) is 0 Å². The first kappa shape index (κ1) is 7.07. The van der Waals surface area contributed by atoms with Crippen molar-refractivity contribution in [2.75, 3.05) is 6.54 Å². The van der Waals surface area contributed by atoms with E-state index in [1.165, 1.54) is 6.42 Å². The van der Waals surface area contributed by atoms with E-state index in [1.807, 2.05) is 0 Å². The molecule has 1 rings (SSSR count). The molecule has 1 nitrogen and oxygen atoms in total. The Morgan fingerprint density at radius 3 is 2.22 bits per heavy atom. The van der Waals surface area contributed by atoms with E-state index in [0.29, 0.717) is 5.41 Å². The molecule has 0 aromatic heterocycles. The standard InChI is InChI=1S/C8H17N/c1-6(5-9)7-4-8(7,2)3/h6-7H,4-5,9H2,1-3H3/t6-,7?/m0/s1. The maximum absolute atomic E-state index is 5.53. The van der Waals surface area contributed by atoms with Gasteiger partial charge in [-0.2, -0.15) is 0 Å². The predicted octanol–water partition coefficient (Wildman–Crippen LogP) is 1.63. The zero-order chi connectivity index (χ0) is 7.07. The zero-order valence-electron chi connectivity index (χ0n) is 6.65. The molecule has 0 bridgehead atoms. The van der Waals surface area contributed by atoms with Gasteiger partial charge in [0, 0.05) is 0 Å². The van der Waals surface area contributed by atoms with Gasteiger partial charge in [0.1, 0.15) is 0 Å². The van der Waals surface area contributed by atoms with Crippen molar-refractivity contribution < 1.29 is 0 Å². The van der Waals surface area contributed by atoms with Gasteiger partial charge in [0.15, 0.2) is 0 Å². The molecule has 54 valence electrons. The van der Waals surface area contributed by atoms with Gasteiger partial charge < -0.3 is 5.73 Å². The van der Waals surface area contributed by atoms with E-state index in [9.17, 15) is 0 Å². The molecule has 1 fully saturated rings. The maximum atomic E-state index is 5.53. The summed E-state index contributed by atoms with van der Waals surface area (Å²) in [6, 6.07) is 0. The van der Waals surface area contributed by atoms with Gasteiger partial charge in [0.05, 0.1) is 0 Å². The van der Waals surface area contributed by atoms with Gasteiger partial charge in [0.2, 0.25) is 0 Å². The molecule has 1 aliphatic carbocycles. The van der Waals surface area contributed by atoms with Crippen molar-refractivity contribution in [1.82, 2.24) is 0 Å². The smallest absolute Gasteiger partial charge is 0.00486 e. The van der Waals surface area contributed by atoms with E-state index in [2.05, 4.69) is 20.8 Å². The Morgan fingerprint density at radius 2 is 2.11 bits per heavy atom. The predicted molar refractivity (Wildman–Crippen MR) is 40.1 cm³/mol. The quantitative estimate of drug-likeness (QED) is 0.599. The lowest BCUT2D eigenvalue weighted by Gasteiger charge is -2.08. The van der Waals surface area contributed by atoms with Crippen LogP contribution in [0.1, 0.15) is 27.2 Å². The van der Waals surface area contributed by atoms with Gasteiger partial charge in [0.25, 0.3) is 0 Å². The largest absolute Gasteiger partial charge is 0.330 e. The van der Waals surface area contributed by atoms with Gasteiger partial charge in [-0.1, -0.05) is 20.8 Å². The minimum Gasteiger partial charge on any atom is -0.330 e. The molecule has 0 heterocycles. The fourth-order valence-corrected chi connectivity index (χ4v) is 1.64. The number of hydrogen-bond acceptors (Lipinski definition) is 1. The molecule has 0 saturated heterocycles. The molecule has 2 N–H and O–H groups in total. The van der Waals surface area contributed by atoms with Gasteiger partial charge in [-0.25, -0.2) is 0 Å². The average molecular weight is 127 g/mol. The summed E-state index contributed by atoms with van der Waals surface area (Å²) in [5.41, 5.74) is 6.14. The van der Waals surface area contributed by atoms with Crippen molar-refractivity contribution in [2.24, 2.45) is 23.0 Å². The highest BCUT2D eigenvalue weighted by atomic mass is 14.6. The summed E-state index contributed by atoms with van der Waals surface area (Å²) in [5, 5.41) is 0. The molecule has 1 unspecified atom stereocenters. The first-order valence-electron chi connectivity index (χ1n) is 3.78. The normalized spacial score (nSPS) is 34.0. The van der Waals surface area contributed by atoms with Crippen LogP contribution in [0.4, 0.5) is 0 Å². The van der Waals surface area contributed by atoms with Crippen LogP contribution in [-0.2, 0) is 0 Å². The fraction of sp³-hybridized carbons (Fsp3) is 1.00.